The Kier molecular flexibility index (Phi) is 5.67. The average Bonchev–Trinajstić information content (AvgIpc) is 2.92. The first-order valence-corrected chi connectivity index (χ1v) is 7.29. The second-order valence-corrected chi connectivity index (χ2v) is 5.18. The molecule has 1 aromatic carbocycles. The van der Waals surface area contributed by atoms with Gasteiger partial charge in [-0.2, -0.15) is 0 Å². The van der Waals surface area contributed by atoms with E-state index in [1.165, 1.54) is 18.4 Å². The number of rotatable bonds is 7. The highest BCUT2D eigenvalue weighted by Gasteiger charge is 2.20. The Morgan fingerprint density at radius 3 is 3.05 bits per heavy atom. The smallest absolute Gasteiger partial charge is 0.119 e. The molecule has 0 radical (unpaired) electrons. The summed E-state index contributed by atoms with van der Waals surface area (Å²) in [4.78, 5) is 0. The average molecular weight is 263 g/mol. The standard InChI is InChI=1S/C16H25NO2/c1-3-17-14(12-16-8-5-9-19-16)10-13-6-4-7-15(11-13)18-2/h4,6-7,11,14,16-17H,3,5,8-10,12H2,1-2H3. The predicted molar refractivity (Wildman–Crippen MR) is 77.8 cm³/mol. The maximum atomic E-state index is 5.75. The minimum Gasteiger partial charge on any atom is -0.497 e. The van der Waals surface area contributed by atoms with Gasteiger partial charge < -0.3 is 14.8 Å². The van der Waals surface area contributed by atoms with Gasteiger partial charge >= 0.3 is 0 Å². The summed E-state index contributed by atoms with van der Waals surface area (Å²) in [6, 6.07) is 8.83. The summed E-state index contributed by atoms with van der Waals surface area (Å²) in [6.45, 7) is 4.10. The molecule has 1 aromatic rings. The maximum absolute atomic E-state index is 5.75. The van der Waals surface area contributed by atoms with E-state index in [1.54, 1.807) is 7.11 Å². The van der Waals surface area contributed by atoms with Crippen molar-refractivity contribution < 1.29 is 9.47 Å². The van der Waals surface area contributed by atoms with Gasteiger partial charge in [0.2, 0.25) is 0 Å². The second kappa shape index (κ2) is 7.51. The third kappa shape index (κ3) is 4.51. The zero-order valence-electron chi connectivity index (χ0n) is 12.0. The molecule has 19 heavy (non-hydrogen) atoms. The Morgan fingerprint density at radius 2 is 2.37 bits per heavy atom. The Hall–Kier alpha value is -1.06. The summed E-state index contributed by atoms with van der Waals surface area (Å²) in [5, 5.41) is 3.57. The third-order valence-electron chi connectivity index (χ3n) is 3.68. The summed E-state index contributed by atoms with van der Waals surface area (Å²) < 4.78 is 11.0. The zero-order valence-corrected chi connectivity index (χ0v) is 12.0. The number of hydrogen-bond donors (Lipinski definition) is 1. The molecular weight excluding hydrogens is 238 g/mol. The van der Waals surface area contributed by atoms with E-state index in [4.69, 9.17) is 9.47 Å². The van der Waals surface area contributed by atoms with Crippen LogP contribution < -0.4 is 10.1 Å². The normalized spacial score (nSPS) is 20.4. The van der Waals surface area contributed by atoms with Crippen LogP contribution in [0.1, 0.15) is 31.7 Å². The van der Waals surface area contributed by atoms with Crippen LogP contribution in [0.2, 0.25) is 0 Å². The molecule has 2 rings (SSSR count). The first-order chi connectivity index (χ1) is 9.31. The van der Waals surface area contributed by atoms with Crippen LogP contribution in [0, 0.1) is 0 Å². The number of methoxy groups -OCH3 is 1. The van der Waals surface area contributed by atoms with Crippen molar-refractivity contribution in [1.29, 1.82) is 0 Å². The number of hydrogen-bond acceptors (Lipinski definition) is 3. The van der Waals surface area contributed by atoms with E-state index in [9.17, 15) is 0 Å². The van der Waals surface area contributed by atoms with Crippen LogP contribution >= 0.6 is 0 Å². The maximum Gasteiger partial charge on any atom is 0.119 e. The van der Waals surface area contributed by atoms with Gasteiger partial charge in [0.15, 0.2) is 0 Å². The molecule has 1 heterocycles. The van der Waals surface area contributed by atoms with Gasteiger partial charge in [0.1, 0.15) is 5.75 Å². The molecule has 1 fully saturated rings. The van der Waals surface area contributed by atoms with Gasteiger partial charge in [-0.15, -0.1) is 0 Å². The molecule has 0 saturated carbocycles. The van der Waals surface area contributed by atoms with E-state index in [0.29, 0.717) is 12.1 Å². The lowest BCUT2D eigenvalue weighted by Crippen LogP contribution is -2.34. The lowest BCUT2D eigenvalue weighted by molar-refractivity contribution is 0.0947. The molecule has 106 valence electrons. The van der Waals surface area contributed by atoms with Gasteiger partial charge in [-0.3, -0.25) is 0 Å². The molecule has 1 aliphatic heterocycles. The molecule has 1 aliphatic rings. The molecule has 0 aliphatic carbocycles. The molecule has 3 heteroatoms. The minimum absolute atomic E-state index is 0.439. The largest absolute Gasteiger partial charge is 0.497 e. The van der Waals surface area contributed by atoms with E-state index < -0.39 is 0 Å². The Labute approximate surface area is 116 Å². The van der Waals surface area contributed by atoms with Crippen molar-refractivity contribution in [2.24, 2.45) is 0 Å². The van der Waals surface area contributed by atoms with Crippen molar-refractivity contribution >= 4 is 0 Å². The van der Waals surface area contributed by atoms with Crippen molar-refractivity contribution in [1.82, 2.24) is 5.32 Å². The van der Waals surface area contributed by atoms with Gasteiger partial charge in [-0.1, -0.05) is 19.1 Å². The quantitative estimate of drug-likeness (QED) is 0.820. The number of nitrogens with one attached hydrogen (secondary N) is 1. The molecule has 0 amide bonds. The first-order valence-electron chi connectivity index (χ1n) is 7.29. The van der Waals surface area contributed by atoms with Crippen LogP contribution in [0.5, 0.6) is 5.75 Å². The van der Waals surface area contributed by atoms with Gasteiger partial charge in [0.25, 0.3) is 0 Å². The summed E-state index contributed by atoms with van der Waals surface area (Å²) in [7, 11) is 1.72. The van der Waals surface area contributed by atoms with Gasteiger partial charge in [0.05, 0.1) is 13.2 Å². The summed E-state index contributed by atoms with van der Waals surface area (Å²) in [6.07, 6.45) is 4.99. The van der Waals surface area contributed by atoms with Crippen LogP contribution in [0.3, 0.4) is 0 Å². The van der Waals surface area contributed by atoms with E-state index in [-0.39, 0.29) is 0 Å². The lowest BCUT2D eigenvalue weighted by Gasteiger charge is -2.21. The van der Waals surface area contributed by atoms with Crippen molar-refractivity contribution in [3.05, 3.63) is 29.8 Å². The molecule has 0 aromatic heterocycles. The number of ether oxygens (including phenoxy) is 2. The molecule has 0 bridgehead atoms. The van der Waals surface area contributed by atoms with E-state index >= 15 is 0 Å². The Bertz CT molecular complexity index is 375. The molecule has 3 nitrogen and oxygen atoms in total. The highest BCUT2D eigenvalue weighted by atomic mass is 16.5. The van der Waals surface area contributed by atoms with Crippen molar-refractivity contribution in [3.63, 3.8) is 0 Å². The molecular formula is C16H25NO2. The highest BCUT2D eigenvalue weighted by molar-refractivity contribution is 5.29. The van der Waals surface area contributed by atoms with E-state index in [0.717, 1.165) is 31.7 Å². The number of likely N-dealkylation sites (N-methyl/N-ethyl adjacent to an activating group) is 1. The van der Waals surface area contributed by atoms with Crippen molar-refractivity contribution in [3.8, 4) is 5.75 Å². The van der Waals surface area contributed by atoms with E-state index in [2.05, 4.69) is 30.4 Å². The van der Waals surface area contributed by atoms with Gasteiger partial charge in [0, 0.05) is 12.6 Å². The molecule has 0 spiro atoms. The first kappa shape index (κ1) is 14.4. The fraction of sp³-hybridized carbons (Fsp3) is 0.625. The summed E-state index contributed by atoms with van der Waals surface area (Å²) in [5.41, 5.74) is 1.32. The van der Waals surface area contributed by atoms with Gasteiger partial charge in [-0.05, 0) is 49.9 Å². The Balaban J connectivity index is 1.94. The molecule has 2 atom stereocenters. The highest BCUT2D eigenvalue weighted by Crippen LogP contribution is 2.20. The van der Waals surface area contributed by atoms with Crippen molar-refractivity contribution in [2.75, 3.05) is 20.3 Å². The minimum atomic E-state index is 0.439. The summed E-state index contributed by atoms with van der Waals surface area (Å²) >= 11 is 0. The molecule has 1 saturated heterocycles. The second-order valence-electron chi connectivity index (χ2n) is 5.18. The summed E-state index contributed by atoms with van der Waals surface area (Å²) in [5.74, 6) is 0.935. The monoisotopic (exact) mass is 263 g/mol. The lowest BCUT2D eigenvalue weighted by atomic mass is 9.99. The predicted octanol–water partition coefficient (Wildman–Crippen LogP) is 2.78. The van der Waals surface area contributed by atoms with Crippen LogP contribution in [-0.2, 0) is 11.2 Å². The molecule has 2 unspecified atom stereocenters. The van der Waals surface area contributed by atoms with Crippen LogP contribution in [-0.4, -0.2) is 32.4 Å². The topological polar surface area (TPSA) is 30.5 Å². The van der Waals surface area contributed by atoms with E-state index in [1.807, 2.05) is 6.07 Å². The fourth-order valence-electron chi connectivity index (χ4n) is 2.76. The molecule has 1 N–H and O–H groups in total. The van der Waals surface area contributed by atoms with Crippen LogP contribution in [0.25, 0.3) is 0 Å². The van der Waals surface area contributed by atoms with Gasteiger partial charge in [-0.25, -0.2) is 0 Å². The zero-order chi connectivity index (χ0) is 13.5. The van der Waals surface area contributed by atoms with Crippen molar-refractivity contribution in [2.45, 2.75) is 44.8 Å². The van der Waals surface area contributed by atoms with Crippen LogP contribution in [0.15, 0.2) is 24.3 Å². The van der Waals surface area contributed by atoms with Crippen LogP contribution in [0.4, 0.5) is 0 Å². The third-order valence-corrected chi connectivity index (χ3v) is 3.68. The fourth-order valence-corrected chi connectivity index (χ4v) is 2.76. The Morgan fingerprint density at radius 1 is 1.47 bits per heavy atom. The number of benzene rings is 1. The SMILES string of the molecule is CCNC(Cc1cccc(OC)c1)CC1CCCO1.